The first kappa shape index (κ1) is 30.9. The first-order chi connectivity index (χ1) is 18.2. The highest BCUT2D eigenvalue weighted by atomic mass is 32.1. The number of benzene rings is 1. The van der Waals surface area contributed by atoms with Crippen LogP contribution in [0.5, 0.6) is 0 Å². The van der Waals surface area contributed by atoms with E-state index in [9.17, 15) is 14.4 Å². The maximum Gasteiger partial charge on any atom is 0.243 e. The maximum absolute atomic E-state index is 13.4. The van der Waals surface area contributed by atoms with Crippen LogP contribution in [0.4, 0.5) is 0 Å². The Balaban J connectivity index is 0.00000121. The number of Topliss-reactive ketones (excluding diaryl/α,β-unsaturated/α-hetero) is 1. The maximum atomic E-state index is 13.4. The SMILES string of the molecule is CC.CC.Cc1cc(C(C(=O)N2CC(=O)CC2C(=O)NCc2ccc(-c3scnc3C)cc2)C(C)C)on1. The number of amides is 2. The topological polar surface area (TPSA) is 105 Å². The predicted molar refractivity (Wildman–Crippen MR) is 151 cm³/mol. The van der Waals surface area contributed by atoms with E-state index in [1.165, 1.54) is 4.90 Å². The molecule has 0 aliphatic carbocycles. The summed E-state index contributed by atoms with van der Waals surface area (Å²) in [6, 6.07) is 8.82. The molecule has 2 unspecified atom stereocenters. The van der Waals surface area contributed by atoms with Crippen molar-refractivity contribution < 1.29 is 18.9 Å². The fraction of sp³-hybridized carbons (Fsp3) is 0.483. The van der Waals surface area contributed by atoms with E-state index in [1.54, 1.807) is 24.3 Å². The molecule has 206 valence electrons. The van der Waals surface area contributed by atoms with Crippen LogP contribution in [0.2, 0.25) is 0 Å². The molecular weight excluding hydrogens is 500 g/mol. The zero-order valence-electron chi connectivity index (χ0n) is 23.7. The Labute approximate surface area is 229 Å². The molecule has 0 bridgehead atoms. The fourth-order valence-corrected chi connectivity index (χ4v) is 5.07. The molecule has 1 aromatic carbocycles. The lowest BCUT2D eigenvalue weighted by atomic mass is 9.91. The Hall–Kier alpha value is -3.33. The van der Waals surface area contributed by atoms with E-state index in [4.69, 9.17) is 4.52 Å². The van der Waals surface area contributed by atoms with Crippen molar-refractivity contribution in [2.24, 2.45) is 5.92 Å². The third-order valence-electron chi connectivity index (χ3n) is 6.04. The summed E-state index contributed by atoms with van der Waals surface area (Å²) in [6.07, 6.45) is 0.0153. The summed E-state index contributed by atoms with van der Waals surface area (Å²) < 4.78 is 5.35. The summed E-state index contributed by atoms with van der Waals surface area (Å²) in [5, 5.41) is 6.79. The summed E-state index contributed by atoms with van der Waals surface area (Å²) in [4.78, 5) is 45.5. The highest BCUT2D eigenvalue weighted by molar-refractivity contribution is 7.13. The van der Waals surface area contributed by atoms with Crippen molar-refractivity contribution >= 4 is 28.9 Å². The average molecular weight is 541 g/mol. The highest BCUT2D eigenvalue weighted by Gasteiger charge is 2.43. The molecule has 1 aliphatic heterocycles. The number of thiazole rings is 1. The lowest BCUT2D eigenvalue weighted by Crippen LogP contribution is -2.47. The van der Waals surface area contributed by atoms with Crippen molar-refractivity contribution in [3.8, 4) is 10.4 Å². The molecule has 3 aromatic rings. The zero-order valence-corrected chi connectivity index (χ0v) is 24.5. The van der Waals surface area contributed by atoms with Gasteiger partial charge < -0.3 is 14.7 Å². The van der Waals surface area contributed by atoms with Crippen molar-refractivity contribution in [3.05, 3.63) is 58.6 Å². The molecule has 1 aliphatic rings. The van der Waals surface area contributed by atoms with Crippen LogP contribution in [0.1, 0.15) is 76.6 Å². The van der Waals surface area contributed by atoms with Crippen molar-refractivity contribution in [2.45, 2.75) is 80.3 Å². The van der Waals surface area contributed by atoms with E-state index < -0.39 is 12.0 Å². The molecule has 0 radical (unpaired) electrons. The van der Waals surface area contributed by atoms with E-state index in [0.29, 0.717) is 18.0 Å². The predicted octanol–water partition coefficient (Wildman–Crippen LogP) is 5.69. The van der Waals surface area contributed by atoms with E-state index >= 15 is 0 Å². The van der Waals surface area contributed by atoms with Crippen molar-refractivity contribution in [3.63, 3.8) is 0 Å². The molecule has 3 heterocycles. The first-order valence-corrected chi connectivity index (χ1v) is 14.1. The lowest BCUT2D eigenvalue weighted by molar-refractivity contribution is -0.141. The van der Waals surface area contributed by atoms with Gasteiger partial charge in [0.15, 0.2) is 5.78 Å². The smallest absolute Gasteiger partial charge is 0.243 e. The van der Waals surface area contributed by atoms with Gasteiger partial charge in [0.1, 0.15) is 17.7 Å². The quantitative estimate of drug-likeness (QED) is 0.413. The number of rotatable bonds is 7. The second kappa shape index (κ2) is 14.6. The fourth-order valence-electron chi connectivity index (χ4n) is 4.26. The van der Waals surface area contributed by atoms with E-state index in [0.717, 1.165) is 21.7 Å². The van der Waals surface area contributed by atoms with Gasteiger partial charge in [0.25, 0.3) is 0 Å². The van der Waals surface area contributed by atoms with Gasteiger partial charge in [-0.25, -0.2) is 4.98 Å². The molecule has 1 fully saturated rings. The Morgan fingerprint density at radius 3 is 2.32 bits per heavy atom. The molecule has 1 saturated heterocycles. The Kier molecular flexibility index (Phi) is 11.8. The van der Waals surface area contributed by atoms with Crippen LogP contribution in [0.3, 0.4) is 0 Å². The van der Waals surface area contributed by atoms with Crippen LogP contribution in [0, 0.1) is 19.8 Å². The van der Waals surface area contributed by atoms with Gasteiger partial charge in [0, 0.05) is 19.0 Å². The summed E-state index contributed by atoms with van der Waals surface area (Å²) in [6.45, 7) is 15.8. The van der Waals surface area contributed by atoms with Crippen molar-refractivity contribution in [1.82, 2.24) is 20.4 Å². The summed E-state index contributed by atoms with van der Waals surface area (Å²) in [5.41, 5.74) is 5.50. The van der Waals surface area contributed by atoms with E-state index in [-0.39, 0.29) is 36.5 Å². The molecule has 1 N–H and O–H groups in total. The monoisotopic (exact) mass is 540 g/mol. The number of likely N-dealkylation sites (tertiary alicyclic amines) is 1. The van der Waals surface area contributed by atoms with Gasteiger partial charge in [0.2, 0.25) is 11.8 Å². The zero-order chi connectivity index (χ0) is 28.4. The molecule has 2 amide bonds. The van der Waals surface area contributed by atoms with Gasteiger partial charge in [-0.3, -0.25) is 14.4 Å². The molecule has 38 heavy (non-hydrogen) atoms. The van der Waals surface area contributed by atoms with Crippen molar-refractivity contribution in [2.75, 3.05) is 6.54 Å². The second-order valence-electron chi connectivity index (χ2n) is 9.00. The molecule has 0 saturated carbocycles. The lowest BCUT2D eigenvalue weighted by Gasteiger charge is -2.28. The number of aromatic nitrogens is 2. The largest absolute Gasteiger partial charge is 0.360 e. The average Bonchev–Trinajstić information content (AvgIpc) is 3.65. The molecule has 0 spiro atoms. The number of ketones is 1. The highest BCUT2D eigenvalue weighted by Crippen LogP contribution is 2.30. The summed E-state index contributed by atoms with van der Waals surface area (Å²) in [5.74, 6) is -0.995. The summed E-state index contributed by atoms with van der Waals surface area (Å²) >= 11 is 1.59. The number of hydrogen-bond acceptors (Lipinski definition) is 7. The van der Waals surface area contributed by atoms with Crippen LogP contribution in [-0.4, -0.2) is 45.2 Å². The molecule has 2 atom stereocenters. The van der Waals surface area contributed by atoms with Gasteiger partial charge in [-0.05, 0) is 30.9 Å². The number of carbonyl (C=O) groups excluding carboxylic acids is 3. The summed E-state index contributed by atoms with van der Waals surface area (Å²) in [7, 11) is 0. The van der Waals surface area contributed by atoms with Gasteiger partial charge in [0.05, 0.1) is 28.3 Å². The number of aryl methyl sites for hydroxylation is 2. The number of nitrogens with one attached hydrogen (secondary N) is 1. The van der Waals surface area contributed by atoms with Gasteiger partial charge in [-0.1, -0.05) is 71.0 Å². The number of nitrogens with zero attached hydrogens (tertiary/aromatic N) is 3. The molecule has 8 nitrogen and oxygen atoms in total. The normalized spacial score (nSPS) is 15.3. The Bertz CT molecular complexity index is 1200. The van der Waals surface area contributed by atoms with Crippen LogP contribution < -0.4 is 5.32 Å². The minimum Gasteiger partial charge on any atom is -0.360 e. The van der Waals surface area contributed by atoms with Gasteiger partial charge in [-0.2, -0.15) is 0 Å². The third kappa shape index (κ3) is 7.37. The van der Waals surface area contributed by atoms with Gasteiger partial charge >= 0.3 is 0 Å². The molecule has 9 heteroatoms. The van der Waals surface area contributed by atoms with Crippen LogP contribution in [0.15, 0.2) is 40.4 Å². The standard InChI is InChI=1S/C25H28N4O4S.2C2H6/c1-14(2)22(21-9-15(3)28-33-21)25(32)29-12-19(30)10-20(29)24(31)26-11-17-5-7-18(8-6-17)23-16(4)27-13-34-23;2*1-2/h5-9,13-14,20,22H,10-12H2,1-4H3,(H,26,31);2*1-2H3. The Morgan fingerprint density at radius 2 is 1.79 bits per heavy atom. The molecule has 2 aromatic heterocycles. The number of carbonyl (C=O) groups is 3. The van der Waals surface area contributed by atoms with Crippen LogP contribution in [0.25, 0.3) is 10.4 Å². The minimum atomic E-state index is -0.829. The minimum absolute atomic E-state index is 0.0153. The van der Waals surface area contributed by atoms with Crippen LogP contribution in [-0.2, 0) is 20.9 Å². The van der Waals surface area contributed by atoms with E-state index in [1.807, 2.05) is 78.2 Å². The van der Waals surface area contributed by atoms with Crippen molar-refractivity contribution in [1.29, 1.82) is 0 Å². The third-order valence-corrected chi connectivity index (χ3v) is 7.02. The Morgan fingerprint density at radius 1 is 1.13 bits per heavy atom. The number of hydrogen-bond donors (Lipinski definition) is 1. The van der Waals surface area contributed by atoms with E-state index in [2.05, 4.69) is 15.5 Å². The van der Waals surface area contributed by atoms with Gasteiger partial charge in [-0.15, -0.1) is 11.3 Å². The molecular formula is C29H40N4O4S. The van der Waals surface area contributed by atoms with Crippen LogP contribution >= 0.6 is 11.3 Å². The second-order valence-corrected chi connectivity index (χ2v) is 9.85. The molecule has 4 rings (SSSR count). The first-order valence-electron chi connectivity index (χ1n) is 13.3.